The van der Waals surface area contributed by atoms with Crippen LogP contribution >= 0.6 is 0 Å². The second-order valence-corrected chi connectivity index (χ2v) is 7.06. The number of carbonyl (C=O) groups is 2. The Hall–Kier alpha value is -3.29. The lowest BCUT2D eigenvalue weighted by atomic mass is 10.1. The summed E-state index contributed by atoms with van der Waals surface area (Å²) in [5.74, 6) is -1.83. The first-order valence-electron chi connectivity index (χ1n) is 9.03. The van der Waals surface area contributed by atoms with Crippen molar-refractivity contribution in [2.75, 3.05) is 0 Å². The Morgan fingerprint density at radius 1 is 1.04 bits per heavy atom. The SMILES string of the molecule is CC(C)c1cc(C(=O)NNC(=O)c2ccccc2F)c2cnn(C(C)C)c2n1. The van der Waals surface area contributed by atoms with Crippen LogP contribution in [0.4, 0.5) is 4.39 Å². The highest BCUT2D eigenvalue weighted by Gasteiger charge is 2.20. The maximum Gasteiger partial charge on any atom is 0.272 e. The van der Waals surface area contributed by atoms with Crippen molar-refractivity contribution in [3.63, 3.8) is 0 Å². The van der Waals surface area contributed by atoms with Gasteiger partial charge in [-0.05, 0) is 38.0 Å². The zero-order chi connectivity index (χ0) is 20.4. The number of pyridine rings is 1. The number of nitrogens with zero attached hydrogens (tertiary/aromatic N) is 3. The summed E-state index contributed by atoms with van der Waals surface area (Å²) in [7, 11) is 0. The highest BCUT2D eigenvalue weighted by atomic mass is 19.1. The molecule has 0 bridgehead atoms. The number of rotatable bonds is 4. The summed E-state index contributed by atoms with van der Waals surface area (Å²) >= 11 is 0. The molecule has 7 nitrogen and oxygen atoms in total. The second kappa shape index (κ2) is 7.75. The molecule has 0 spiro atoms. The molecule has 2 heterocycles. The first-order chi connectivity index (χ1) is 13.3. The van der Waals surface area contributed by atoms with Crippen LogP contribution in [-0.4, -0.2) is 26.6 Å². The summed E-state index contributed by atoms with van der Waals surface area (Å²) in [6.45, 7) is 7.91. The second-order valence-electron chi connectivity index (χ2n) is 7.06. The molecule has 0 unspecified atom stereocenters. The minimum absolute atomic E-state index is 0.0732. The van der Waals surface area contributed by atoms with E-state index in [4.69, 9.17) is 0 Å². The lowest BCUT2D eigenvalue weighted by Crippen LogP contribution is -2.42. The highest BCUT2D eigenvalue weighted by Crippen LogP contribution is 2.24. The lowest BCUT2D eigenvalue weighted by molar-refractivity contribution is 0.0845. The van der Waals surface area contributed by atoms with Crippen LogP contribution in [0.1, 0.15) is 66.1 Å². The van der Waals surface area contributed by atoms with E-state index in [1.165, 1.54) is 18.2 Å². The predicted octanol–water partition coefficient (Wildman–Crippen LogP) is 3.35. The fourth-order valence-electron chi connectivity index (χ4n) is 2.79. The molecule has 28 heavy (non-hydrogen) atoms. The zero-order valence-electron chi connectivity index (χ0n) is 16.2. The van der Waals surface area contributed by atoms with Gasteiger partial charge in [-0.15, -0.1) is 0 Å². The number of aromatic nitrogens is 3. The van der Waals surface area contributed by atoms with E-state index in [0.717, 1.165) is 5.69 Å². The lowest BCUT2D eigenvalue weighted by Gasteiger charge is -2.13. The molecule has 0 saturated carbocycles. The molecule has 0 aliphatic heterocycles. The van der Waals surface area contributed by atoms with Crippen molar-refractivity contribution in [2.24, 2.45) is 0 Å². The molecule has 8 heteroatoms. The molecule has 2 N–H and O–H groups in total. The number of carbonyl (C=O) groups excluding carboxylic acids is 2. The van der Waals surface area contributed by atoms with Crippen molar-refractivity contribution in [3.05, 3.63) is 59.2 Å². The van der Waals surface area contributed by atoms with E-state index in [1.54, 1.807) is 23.0 Å². The summed E-state index contributed by atoms with van der Waals surface area (Å²) in [5, 5.41) is 4.91. The molecule has 2 amide bonds. The van der Waals surface area contributed by atoms with Gasteiger partial charge in [-0.25, -0.2) is 14.1 Å². The molecule has 3 aromatic rings. The van der Waals surface area contributed by atoms with Gasteiger partial charge >= 0.3 is 0 Å². The third-order valence-electron chi connectivity index (χ3n) is 4.32. The average molecular weight is 383 g/mol. The Bertz CT molecular complexity index is 1040. The third kappa shape index (κ3) is 3.71. The summed E-state index contributed by atoms with van der Waals surface area (Å²) in [4.78, 5) is 29.5. The quantitative estimate of drug-likeness (QED) is 0.676. The topological polar surface area (TPSA) is 88.9 Å². The fraction of sp³-hybridized carbons (Fsp3) is 0.300. The molecule has 146 valence electrons. The van der Waals surface area contributed by atoms with Crippen LogP contribution in [0.15, 0.2) is 36.5 Å². The molecule has 1 aromatic carbocycles. The van der Waals surface area contributed by atoms with E-state index in [0.29, 0.717) is 16.6 Å². The maximum absolute atomic E-state index is 13.7. The van der Waals surface area contributed by atoms with Crippen LogP contribution in [0, 0.1) is 5.82 Å². The summed E-state index contributed by atoms with van der Waals surface area (Å²) in [6, 6.07) is 7.30. The van der Waals surface area contributed by atoms with E-state index in [1.807, 2.05) is 27.7 Å². The largest absolute Gasteiger partial charge is 0.272 e. The summed E-state index contributed by atoms with van der Waals surface area (Å²) < 4.78 is 15.5. The summed E-state index contributed by atoms with van der Waals surface area (Å²) in [6.07, 6.45) is 1.58. The number of hydrogen-bond acceptors (Lipinski definition) is 4. The maximum atomic E-state index is 13.7. The van der Waals surface area contributed by atoms with Gasteiger partial charge in [0.05, 0.1) is 22.7 Å². The Morgan fingerprint density at radius 2 is 1.68 bits per heavy atom. The van der Waals surface area contributed by atoms with E-state index in [2.05, 4.69) is 20.9 Å². The zero-order valence-corrected chi connectivity index (χ0v) is 16.2. The number of hydrogen-bond donors (Lipinski definition) is 2. The van der Waals surface area contributed by atoms with Gasteiger partial charge in [0.2, 0.25) is 0 Å². The van der Waals surface area contributed by atoms with Gasteiger partial charge in [0.1, 0.15) is 5.82 Å². The van der Waals surface area contributed by atoms with Crippen LogP contribution in [-0.2, 0) is 0 Å². The minimum atomic E-state index is -0.737. The van der Waals surface area contributed by atoms with Crippen LogP contribution in [0.2, 0.25) is 0 Å². The number of hydrazine groups is 1. The van der Waals surface area contributed by atoms with Crippen molar-refractivity contribution in [2.45, 2.75) is 39.7 Å². The van der Waals surface area contributed by atoms with Gasteiger partial charge in [0.25, 0.3) is 11.8 Å². The Kier molecular flexibility index (Phi) is 5.39. The van der Waals surface area contributed by atoms with E-state index < -0.39 is 17.6 Å². The molecular weight excluding hydrogens is 361 g/mol. The van der Waals surface area contributed by atoms with Crippen molar-refractivity contribution < 1.29 is 14.0 Å². The first-order valence-corrected chi connectivity index (χ1v) is 9.03. The normalized spacial score (nSPS) is 11.2. The number of fused-ring (bicyclic) bond motifs is 1. The number of benzene rings is 1. The van der Waals surface area contributed by atoms with Gasteiger partial charge < -0.3 is 0 Å². The van der Waals surface area contributed by atoms with Crippen LogP contribution in [0.25, 0.3) is 11.0 Å². The molecule has 0 radical (unpaired) electrons. The number of amides is 2. The van der Waals surface area contributed by atoms with Crippen LogP contribution < -0.4 is 10.9 Å². The Balaban J connectivity index is 1.91. The highest BCUT2D eigenvalue weighted by molar-refractivity contribution is 6.06. The fourth-order valence-corrected chi connectivity index (χ4v) is 2.79. The van der Waals surface area contributed by atoms with Gasteiger partial charge in [0, 0.05) is 11.7 Å². The van der Waals surface area contributed by atoms with Crippen molar-refractivity contribution in [3.8, 4) is 0 Å². The van der Waals surface area contributed by atoms with Gasteiger partial charge in [-0.3, -0.25) is 20.4 Å². The Morgan fingerprint density at radius 3 is 2.29 bits per heavy atom. The first kappa shape index (κ1) is 19.5. The number of halogens is 1. The average Bonchev–Trinajstić information content (AvgIpc) is 3.09. The van der Waals surface area contributed by atoms with Gasteiger partial charge in [-0.1, -0.05) is 26.0 Å². The molecule has 0 aliphatic carbocycles. The third-order valence-corrected chi connectivity index (χ3v) is 4.32. The van der Waals surface area contributed by atoms with Crippen molar-refractivity contribution >= 4 is 22.8 Å². The molecule has 3 rings (SSSR count). The van der Waals surface area contributed by atoms with Crippen molar-refractivity contribution in [1.82, 2.24) is 25.6 Å². The molecule has 2 aromatic heterocycles. The molecular formula is C20H22FN5O2. The van der Waals surface area contributed by atoms with Crippen molar-refractivity contribution in [1.29, 1.82) is 0 Å². The smallest absolute Gasteiger partial charge is 0.267 e. The van der Waals surface area contributed by atoms with E-state index >= 15 is 0 Å². The molecule has 0 atom stereocenters. The Labute approximate surface area is 161 Å². The summed E-state index contributed by atoms with van der Waals surface area (Å²) in [5.41, 5.74) is 6.13. The minimum Gasteiger partial charge on any atom is -0.267 e. The van der Waals surface area contributed by atoms with E-state index in [9.17, 15) is 14.0 Å². The standard InChI is InChI=1S/C20H22FN5O2/c1-11(2)17-9-14(15-10-22-26(12(3)4)18(15)23-17)20(28)25-24-19(27)13-7-5-6-8-16(13)21/h5-12H,1-4H3,(H,24,27)(H,25,28). The molecule has 0 saturated heterocycles. The monoisotopic (exact) mass is 383 g/mol. The van der Waals surface area contributed by atoms with E-state index in [-0.39, 0.29) is 17.5 Å². The molecule has 0 fully saturated rings. The predicted molar refractivity (Wildman–Crippen MR) is 103 cm³/mol. The number of nitrogens with one attached hydrogen (secondary N) is 2. The molecule has 0 aliphatic rings. The van der Waals surface area contributed by atoms with Crippen LogP contribution in [0.5, 0.6) is 0 Å². The van der Waals surface area contributed by atoms with Gasteiger partial charge in [0.15, 0.2) is 5.65 Å². The van der Waals surface area contributed by atoms with Gasteiger partial charge in [-0.2, -0.15) is 5.10 Å². The van der Waals surface area contributed by atoms with Crippen LogP contribution in [0.3, 0.4) is 0 Å².